The van der Waals surface area contributed by atoms with Crippen LogP contribution in [0, 0.1) is 0 Å². The van der Waals surface area contributed by atoms with Crippen LogP contribution in [-0.4, -0.2) is 4.98 Å². The molecule has 56 valence electrons. The lowest BCUT2D eigenvalue weighted by Gasteiger charge is -1.91. The molecule has 0 aliphatic rings. The van der Waals surface area contributed by atoms with Gasteiger partial charge in [0.05, 0.1) is 0 Å². The van der Waals surface area contributed by atoms with Gasteiger partial charge in [-0.2, -0.15) is 0 Å². The first-order valence-corrected chi connectivity index (χ1v) is 6.13. The summed E-state index contributed by atoms with van der Waals surface area (Å²) in [6.45, 7) is 0. The van der Waals surface area contributed by atoms with Gasteiger partial charge < -0.3 is 0 Å². The van der Waals surface area contributed by atoms with Crippen LogP contribution in [-0.2, 0) is 6.16 Å². The first-order chi connectivity index (χ1) is 4.43. The van der Waals surface area contributed by atoms with E-state index in [-0.39, 0.29) is 12.4 Å². The fourth-order valence-electron chi connectivity index (χ4n) is 0.571. The third-order valence-corrected chi connectivity index (χ3v) is 2.31. The summed E-state index contributed by atoms with van der Waals surface area (Å²) in [6, 6.07) is 5.98. The molecule has 0 aromatic carbocycles. The van der Waals surface area contributed by atoms with Crippen molar-refractivity contribution in [1.29, 1.82) is 0 Å². The third-order valence-electron chi connectivity index (χ3n) is 0.974. The smallest absolute Gasteiger partial charge is 0.0451 e. The van der Waals surface area contributed by atoms with Gasteiger partial charge in [0.25, 0.3) is 0 Å². The second-order valence-electron chi connectivity index (χ2n) is 1.63. The Balaban J connectivity index is 0.000000810. The standard InChI is InChI=1S/C6H7BrNP.ClH/c7-9-5-6-3-1-2-4-8-6;/h1-4,9H,5H2;1H. The fourth-order valence-corrected chi connectivity index (χ4v) is 1.78. The summed E-state index contributed by atoms with van der Waals surface area (Å²) >= 11 is 3.37. The van der Waals surface area contributed by atoms with Gasteiger partial charge in [0.2, 0.25) is 0 Å². The molecule has 1 heterocycles. The molecule has 4 heteroatoms. The monoisotopic (exact) mass is 239 g/mol. The van der Waals surface area contributed by atoms with E-state index < -0.39 is 0 Å². The van der Waals surface area contributed by atoms with Crippen molar-refractivity contribution in [2.75, 3.05) is 0 Å². The van der Waals surface area contributed by atoms with E-state index in [1.807, 2.05) is 24.4 Å². The van der Waals surface area contributed by atoms with E-state index in [0.29, 0.717) is 0 Å². The molecule has 0 aliphatic heterocycles. The summed E-state index contributed by atoms with van der Waals surface area (Å²) < 4.78 is 0. The zero-order valence-electron chi connectivity index (χ0n) is 5.25. The number of halogens is 2. The van der Waals surface area contributed by atoms with Crippen LogP contribution in [0.25, 0.3) is 0 Å². The molecule has 0 radical (unpaired) electrons. The van der Waals surface area contributed by atoms with E-state index >= 15 is 0 Å². The van der Waals surface area contributed by atoms with Crippen LogP contribution in [0.3, 0.4) is 0 Å². The Bertz CT molecular complexity index is 171. The number of rotatable bonds is 2. The fraction of sp³-hybridized carbons (Fsp3) is 0.167. The van der Waals surface area contributed by atoms with E-state index in [1.165, 1.54) is 0 Å². The van der Waals surface area contributed by atoms with Crippen LogP contribution >= 0.6 is 35.2 Å². The van der Waals surface area contributed by atoms with Crippen LogP contribution in [0.2, 0.25) is 0 Å². The van der Waals surface area contributed by atoms with Gasteiger partial charge in [-0.1, -0.05) is 21.6 Å². The maximum Gasteiger partial charge on any atom is 0.0451 e. The lowest BCUT2D eigenvalue weighted by atomic mass is 10.4. The van der Waals surface area contributed by atoms with E-state index in [4.69, 9.17) is 0 Å². The Kier molecular flexibility index (Phi) is 6.30. The molecular formula is C6H8BrClNP. The second-order valence-corrected chi connectivity index (χ2v) is 3.93. The molecule has 0 amide bonds. The lowest BCUT2D eigenvalue weighted by molar-refractivity contribution is 1.18. The Morgan fingerprint density at radius 1 is 1.50 bits per heavy atom. The SMILES string of the molecule is BrPCc1ccccn1.Cl. The van der Waals surface area contributed by atoms with Gasteiger partial charge in [0, 0.05) is 18.1 Å². The minimum atomic E-state index is 0. The highest BCUT2D eigenvalue weighted by Crippen LogP contribution is 2.23. The average molecular weight is 240 g/mol. The number of nitrogens with zero attached hydrogens (tertiary/aromatic N) is 1. The lowest BCUT2D eigenvalue weighted by Crippen LogP contribution is -1.79. The van der Waals surface area contributed by atoms with Crippen molar-refractivity contribution in [1.82, 2.24) is 4.98 Å². The van der Waals surface area contributed by atoms with Crippen LogP contribution in [0.1, 0.15) is 5.69 Å². The maximum atomic E-state index is 4.15. The quantitative estimate of drug-likeness (QED) is 0.724. The van der Waals surface area contributed by atoms with Crippen LogP contribution in [0.5, 0.6) is 0 Å². The first kappa shape index (κ1) is 10.3. The molecule has 1 unspecified atom stereocenters. The Labute approximate surface area is 76.6 Å². The Morgan fingerprint density at radius 3 is 2.80 bits per heavy atom. The highest BCUT2D eigenvalue weighted by atomic mass is 79.9. The van der Waals surface area contributed by atoms with Gasteiger partial charge in [-0.05, 0) is 19.4 Å². The molecule has 1 aromatic rings. The molecule has 0 bridgehead atoms. The van der Waals surface area contributed by atoms with Crippen molar-refractivity contribution in [2.24, 2.45) is 0 Å². The van der Waals surface area contributed by atoms with Crippen molar-refractivity contribution in [2.45, 2.75) is 6.16 Å². The summed E-state index contributed by atoms with van der Waals surface area (Å²) in [7, 11) is 0.785. The van der Waals surface area contributed by atoms with Crippen LogP contribution in [0.4, 0.5) is 0 Å². The Morgan fingerprint density at radius 2 is 2.30 bits per heavy atom. The molecule has 0 fully saturated rings. The summed E-state index contributed by atoms with van der Waals surface area (Å²) in [5.74, 6) is 0. The molecule has 1 atom stereocenters. The van der Waals surface area contributed by atoms with E-state index in [1.54, 1.807) is 0 Å². The van der Waals surface area contributed by atoms with Crippen molar-refractivity contribution in [3.05, 3.63) is 30.1 Å². The minimum Gasteiger partial charge on any atom is -0.261 e. The number of hydrogen-bond donors (Lipinski definition) is 0. The van der Waals surface area contributed by atoms with E-state index in [2.05, 4.69) is 20.5 Å². The highest BCUT2D eigenvalue weighted by molar-refractivity contribution is 9.36. The van der Waals surface area contributed by atoms with E-state index in [0.717, 1.165) is 19.1 Å². The normalized spacial score (nSPS) is 9.70. The van der Waals surface area contributed by atoms with Gasteiger partial charge in [-0.25, -0.2) is 0 Å². The summed E-state index contributed by atoms with van der Waals surface area (Å²) in [4.78, 5) is 4.15. The maximum absolute atomic E-state index is 4.15. The zero-order chi connectivity index (χ0) is 6.53. The predicted molar refractivity (Wildman–Crippen MR) is 52.4 cm³/mol. The topological polar surface area (TPSA) is 12.9 Å². The minimum absolute atomic E-state index is 0. The van der Waals surface area contributed by atoms with Crippen LogP contribution < -0.4 is 0 Å². The molecule has 1 rings (SSSR count). The molecule has 0 N–H and O–H groups in total. The third kappa shape index (κ3) is 3.50. The predicted octanol–water partition coefficient (Wildman–Crippen LogP) is 2.99. The molecular weight excluding hydrogens is 232 g/mol. The Hall–Kier alpha value is 0.350. The van der Waals surface area contributed by atoms with E-state index in [9.17, 15) is 0 Å². The largest absolute Gasteiger partial charge is 0.261 e. The first-order valence-electron chi connectivity index (χ1n) is 2.67. The van der Waals surface area contributed by atoms with Crippen molar-refractivity contribution in [3.8, 4) is 0 Å². The molecule has 0 saturated heterocycles. The van der Waals surface area contributed by atoms with Crippen LogP contribution in [0.15, 0.2) is 24.4 Å². The molecule has 1 aromatic heterocycles. The van der Waals surface area contributed by atoms with Gasteiger partial charge in [0.15, 0.2) is 0 Å². The molecule has 0 saturated carbocycles. The summed E-state index contributed by atoms with van der Waals surface area (Å²) in [5.41, 5.74) is 1.16. The summed E-state index contributed by atoms with van der Waals surface area (Å²) in [5, 5.41) is 0. The summed E-state index contributed by atoms with van der Waals surface area (Å²) in [6.07, 6.45) is 2.86. The number of pyridine rings is 1. The van der Waals surface area contributed by atoms with Gasteiger partial charge in [0.1, 0.15) is 0 Å². The van der Waals surface area contributed by atoms with Gasteiger partial charge in [-0.3, -0.25) is 4.98 Å². The molecule has 1 nitrogen and oxygen atoms in total. The number of aromatic nitrogens is 1. The highest BCUT2D eigenvalue weighted by Gasteiger charge is 1.87. The average Bonchev–Trinajstić information content (AvgIpc) is 1.91. The molecule has 0 spiro atoms. The molecule has 10 heavy (non-hydrogen) atoms. The molecule has 0 aliphatic carbocycles. The van der Waals surface area contributed by atoms with Gasteiger partial charge >= 0.3 is 0 Å². The van der Waals surface area contributed by atoms with Crippen molar-refractivity contribution in [3.63, 3.8) is 0 Å². The second kappa shape index (κ2) is 6.09. The van der Waals surface area contributed by atoms with Gasteiger partial charge in [-0.15, -0.1) is 12.4 Å². The van der Waals surface area contributed by atoms with Crippen molar-refractivity contribution >= 4 is 35.2 Å². The zero-order valence-corrected chi connectivity index (χ0v) is 8.65. The van der Waals surface area contributed by atoms with Crippen molar-refractivity contribution < 1.29 is 0 Å². The number of hydrogen-bond acceptors (Lipinski definition) is 1.